The molecule has 3 atom stereocenters. The van der Waals surface area contributed by atoms with Crippen LogP contribution in [-0.4, -0.2) is 57.4 Å². The van der Waals surface area contributed by atoms with E-state index < -0.39 is 10.0 Å². The van der Waals surface area contributed by atoms with Crippen molar-refractivity contribution in [2.75, 3.05) is 32.5 Å². The quantitative estimate of drug-likeness (QED) is 0.809. The third kappa shape index (κ3) is 3.66. The fraction of sp³-hybridized carbons (Fsp3) is 1.00. The first kappa shape index (κ1) is 14.2. The molecule has 2 fully saturated rings. The lowest BCUT2D eigenvalue weighted by Crippen LogP contribution is -2.45. The van der Waals surface area contributed by atoms with Gasteiger partial charge in [0.25, 0.3) is 0 Å². The van der Waals surface area contributed by atoms with E-state index in [4.69, 9.17) is 4.74 Å². The van der Waals surface area contributed by atoms with Gasteiger partial charge in [-0.2, -0.15) is 0 Å². The highest BCUT2D eigenvalue weighted by molar-refractivity contribution is 7.88. The predicted octanol–water partition coefficient (Wildman–Crippen LogP) is 0.425. The van der Waals surface area contributed by atoms with Crippen molar-refractivity contribution in [3.63, 3.8) is 0 Å². The molecule has 0 aromatic rings. The molecule has 0 saturated carbocycles. The van der Waals surface area contributed by atoms with Crippen molar-refractivity contribution in [1.82, 2.24) is 9.62 Å². The maximum absolute atomic E-state index is 11.5. The first-order chi connectivity index (χ1) is 8.47. The van der Waals surface area contributed by atoms with Crippen LogP contribution >= 0.6 is 0 Å². The van der Waals surface area contributed by atoms with Crippen LogP contribution in [0.25, 0.3) is 0 Å². The van der Waals surface area contributed by atoms with Gasteiger partial charge in [-0.15, -0.1) is 0 Å². The Hall–Kier alpha value is -0.170. The van der Waals surface area contributed by atoms with Gasteiger partial charge in [-0.3, -0.25) is 0 Å². The van der Waals surface area contributed by atoms with Gasteiger partial charge in [-0.05, 0) is 38.6 Å². The number of hydrogen-bond donors (Lipinski definition) is 1. The summed E-state index contributed by atoms with van der Waals surface area (Å²) in [5.41, 5.74) is 0. The normalized spacial score (nSPS) is 34.9. The van der Waals surface area contributed by atoms with E-state index in [9.17, 15) is 8.42 Å². The molecule has 2 heterocycles. The number of sulfonamides is 1. The Labute approximate surface area is 110 Å². The van der Waals surface area contributed by atoms with Gasteiger partial charge in [-0.25, -0.2) is 12.7 Å². The van der Waals surface area contributed by atoms with E-state index in [2.05, 4.69) is 12.2 Å². The molecule has 0 radical (unpaired) electrons. The summed E-state index contributed by atoms with van der Waals surface area (Å²) in [6, 6.07) is 0.429. The molecule has 0 aromatic heterocycles. The number of nitrogens with one attached hydrogen (secondary N) is 1. The third-order valence-electron chi connectivity index (χ3n) is 4.00. The first-order valence-corrected chi connectivity index (χ1v) is 8.62. The lowest BCUT2D eigenvalue weighted by atomic mass is 9.99. The monoisotopic (exact) mass is 276 g/mol. The minimum absolute atomic E-state index is 0.277. The second kappa shape index (κ2) is 5.86. The molecule has 6 heteroatoms. The van der Waals surface area contributed by atoms with Crippen molar-refractivity contribution in [2.45, 2.75) is 38.3 Å². The topological polar surface area (TPSA) is 58.6 Å². The summed E-state index contributed by atoms with van der Waals surface area (Å²) in [5.74, 6) is 0.432. The Balaban J connectivity index is 1.79. The average molecular weight is 276 g/mol. The molecule has 0 amide bonds. The molecule has 18 heavy (non-hydrogen) atoms. The van der Waals surface area contributed by atoms with Gasteiger partial charge < -0.3 is 10.1 Å². The lowest BCUT2D eigenvalue weighted by Gasteiger charge is -2.32. The highest BCUT2D eigenvalue weighted by atomic mass is 32.2. The summed E-state index contributed by atoms with van der Waals surface area (Å²) in [7, 11) is -3.03. The molecule has 0 aliphatic carbocycles. The summed E-state index contributed by atoms with van der Waals surface area (Å²) < 4.78 is 30.2. The molecular weight excluding hydrogens is 252 g/mol. The van der Waals surface area contributed by atoms with Crippen molar-refractivity contribution in [1.29, 1.82) is 0 Å². The molecule has 2 aliphatic heterocycles. The Bertz CT molecular complexity index is 372. The average Bonchev–Trinajstić information content (AvgIpc) is 2.72. The molecule has 2 saturated heterocycles. The van der Waals surface area contributed by atoms with Gasteiger partial charge in [0.2, 0.25) is 10.0 Å². The first-order valence-electron chi connectivity index (χ1n) is 6.77. The van der Waals surface area contributed by atoms with Crippen molar-refractivity contribution in [3.8, 4) is 0 Å². The summed E-state index contributed by atoms with van der Waals surface area (Å²) >= 11 is 0. The van der Waals surface area contributed by atoms with E-state index in [-0.39, 0.29) is 6.10 Å². The molecule has 0 bridgehead atoms. The Morgan fingerprint density at radius 3 is 2.78 bits per heavy atom. The van der Waals surface area contributed by atoms with E-state index in [1.807, 2.05) is 0 Å². The molecular formula is C12H24N2O3S. The van der Waals surface area contributed by atoms with Crippen LogP contribution in [0.5, 0.6) is 0 Å². The van der Waals surface area contributed by atoms with Crippen LogP contribution in [0.1, 0.15) is 26.2 Å². The van der Waals surface area contributed by atoms with Crippen LogP contribution in [0.15, 0.2) is 0 Å². The van der Waals surface area contributed by atoms with E-state index in [1.165, 1.54) is 6.26 Å². The summed E-state index contributed by atoms with van der Waals surface area (Å²) in [6.45, 7) is 5.16. The largest absolute Gasteiger partial charge is 0.377 e. The van der Waals surface area contributed by atoms with Gasteiger partial charge >= 0.3 is 0 Å². The molecule has 3 unspecified atom stereocenters. The maximum atomic E-state index is 11.5. The lowest BCUT2D eigenvalue weighted by molar-refractivity contribution is 0.111. The van der Waals surface area contributed by atoms with E-state index in [1.54, 1.807) is 4.31 Å². The van der Waals surface area contributed by atoms with Crippen LogP contribution in [0.2, 0.25) is 0 Å². The van der Waals surface area contributed by atoms with Crippen LogP contribution in [-0.2, 0) is 14.8 Å². The summed E-state index contributed by atoms with van der Waals surface area (Å²) in [5, 5.41) is 3.53. The Morgan fingerprint density at radius 1 is 1.39 bits per heavy atom. The molecule has 0 spiro atoms. The van der Waals surface area contributed by atoms with Crippen molar-refractivity contribution < 1.29 is 13.2 Å². The van der Waals surface area contributed by atoms with Crippen molar-refractivity contribution in [2.24, 2.45) is 5.92 Å². The number of nitrogens with zero attached hydrogens (tertiary/aromatic N) is 1. The zero-order valence-electron chi connectivity index (χ0n) is 11.3. The fourth-order valence-electron chi connectivity index (χ4n) is 2.81. The smallest absolute Gasteiger partial charge is 0.211 e. The summed E-state index contributed by atoms with van der Waals surface area (Å²) in [6.07, 6.45) is 4.72. The van der Waals surface area contributed by atoms with Crippen LogP contribution in [0.4, 0.5) is 0 Å². The molecule has 106 valence electrons. The van der Waals surface area contributed by atoms with E-state index in [0.29, 0.717) is 25.0 Å². The second-order valence-electron chi connectivity index (χ2n) is 5.51. The minimum Gasteiger partial charge on any atom is -0.377 e. The minimum atomic E-state index is -3.03. The van der Waals surface area contributed by atoms with E-state index >= 15 is 0 Å². The van der Waals surface area contributed by atoms with Gasteiger partial charge in [0.1, 0.15) is 0 Å². The SMILES string of the molecule is CC1OCCC1NCC1CCCN(S(C)(=O)=O)C1. The van der Waals surface area contributed by atoms with Crippen LogP contribution in [0.3, 0.4) is 0 Å². The zero-order valence-corrected chi connectivity index (χ0v) is 12.1. The Kier molecular flexibility index (Phi) is 4.64. The zero-order chi connectivity index (χ0) is 13.2. The molecule has 5 nitrogen and oxygen atoms in total. The highest BCUT2D eigenvalue weighted by Gasteiger charge is 2.28. The van der Waals surface area contributed by atoms with Gasteiger partial charge in [0, 0.05) is 25.7 Å². The number of ether oxygens (including phenoxy) is 1. The molecule has 2 aliphatic rings. The van der Waals surface area contributed by atoms with E-state index in [0.717, 1.165) is 32.4 Å². The standard InChI is InChI=1S/C12H24N2O3S/c1-10-12(5-7-17-10)13-8-11-4-3-6-14(9-11)18(2,15)16/h10-13H,3-9H2,1-2H3. The van der Waals surface area contributed by atoms with Gasteiger partial charge in [-0.1, -0.05) is 0 Å². The molecule has 1 N–H and O–H groups in total. The summed E-state index contributed by atoms with van der Waals surface area (Å²) in [4.78, 5) is 0. The molecule has 0 aromatic carbocycles. The molecule has 2 rings (SSSR count). The fourth-order valence-corrected chi connectivity index (χ4v) is 3.75. The van der Waals surface area contributed by atoms with Gasteiger partial charge in [0.05, 0.1) is 12.4 Å². The highest BCUT2D eigenvalue weighted by Crippen LogP contribution is 2.19. The van der Waals surface area contributed by atoms with Crippen LogP contribution in [0, 0.1) is 5.92 Å². The van der Waals surface area contributed by atoms with Gasteiger partial charge in [0.15, 0.2) is 0 Å². The number of rotatable bonds is 4. The third-order valence-corrected chi connectivity index (χ3v) is 5.27. The Morgan fingerprint density at radius 2 is 2.17 bits per heavy atom. The maximum Gasteiger partial charge on any atom is 0.211 e. The van der Waals surface area contributed by atoms with Crippen molar-refractivity contribution in [3.05, 3.63) is 0 Å². The van der Waals surface area contributed by atoms with Crippen LogP contribution < -0.4 is 5.32 Å². The number of piperidine rings is 1. The number of hydrogen-bond acceptors (Lipinski definition) is 4. The predicted molar refractivity (Wildman–Crippen MR) is 71.0 cm³/mol. The second-order valence-corrected chi connectivity index (χ2v) is 7.49. The van der Waals surface area contributed by atoms with Crippen molar-refractivity contribution >= 4 is 10.0 Å².